The number of imide groups is 1. The summed E-state index contributed by atoms with van der Waals surface area (Å²) in [4.78, 5) is 26.2. The quantitative estimate of drug-likeness (QED) is 0.519. The minimum absolute atomic E-state index is 0.318. The molecule has 0 aliphatic carbocycles. The van der Waals surface area contributed by atoms with E-state index >= 15 is 0 Å². The Morgan fingerprint density at radius 2 is 1.87 bits per heavy atom. The highest BCUT2D eigenvalue weighted by Crippen LogP contribution is 2.18. The van der Waals surface area contributed by atoms with Crippen LogP contribution < -0.4 is 0 Å². The van der Waals surface area contributed by atoms with Gasteiger partial charge in [-0.05, 0) is 0 Å². The number of carbonyl (C=O) groups is 2. The lowest BCUT2D eigenvalue weighted by molar-refractivity contribution is -0.179. The Hall–Kier alpha value is -0.990. The van der Waals surface area contributed by atoms with E-state index in [1.807, 2.05) is 13.8 Å². The van der Waals surface area contributed by atoms with E-state index < -0.39 is 33.6 Å². The summed E-state index contributed by atoms with van der Waals surface area (Å²) < 4.78 is 29.6. The zero-order valence-corrected chi connectivity index (χ0v) is 9.44. The lowest BCUT2D eigenvalue weighted by Crippen LogP contribution is -2.34. The third kappa shape index (κ3) is 2.98. The molecule has 15 heavy (non-hydrogen) atoms. The lowest BCUT2D eigenvalue weighted by Gasteiger charge is -2.08. The van der Waals surface area contributed by atoms with Crippen molar-refractivity contribution in [2.75, 3.05) is 7.11 Å². The Kier molecular flexibility index (Phi) is 4.85. The molecule has 0 saturated carbocycles. The van der Waals surface area contributed by atoms with Gasteiger partial charge in [-0.15, -0.1) is 0 Å². The average Bonchev–Trinajstić information content (AvgIpc) is 2.44. The predicted molar refractivity (Wildman–Crippen MR) is 50.2 cm³/mol. The summed E-state index contributed by atoms with van der Waals surface area (Å²) in [7, 11) is -3.46. The zero-order chi connectivity index (χ0) is 12.2. The molecule has 1 N–H and O–H groups in total. The first-order valence-corrected chi connectivity index (χ1v) is 5.75. The SMILES string of the molecule is CC.CON1C(=O)CC(S(=O)(=O)O)C1=O. The van der Waals surface area contributed by atoms with Crippen molar-refractivity contribution in [3.05, 3.63) is 0 Å². The van der Waals surface area contributed by atoms with Gasteiger partial charge in [0.25, 0.3) is 21.9 Å². The smallest absolute Gasteiger partial charge is 0.277 e. The van der Waals surface area contributed by atoms with Gasteiger partial charge >= 0.3 is 0 Å². The molecule has 2 amide bonds. The molecule has 1 fully saturated rings. The first-order valence-electron chi connectivity index (χ1n) is 4.25. The van der Waals surface area contributed by atoms with E-state index in [0.29, 0.717) is 5.06 Å². The van der Waals surface area contributed by atoms with Crippen LogP contribution in [0.15, 0.2) is 0 Å². The summed E-state index contributed by atoms with van der Waals surface area (Å²) in [6.07, 6.45) is -0.578. The number of hydroxylamine groups is 2. The zero-order valence-electron chi connectivity index (χ0n) is 8.63. The lowest BCUT2D eigenvalue weighted by atomic mass is 10.4. The van der Waals surface area contributed by atoms with Crippen LogP contribution in [0.2, 0.25) is 0 Å². The molecule has 0 radical (unpaired) electrons. The third-order valence-corrected chi connectivity index (χ3v) is 2.69. The molecule has 0 aromatic carbocycles. The number of rotatable bonds is 2. The van der Waals surface area contributed by atoms with Crippen LogP contribution in [0.25, 0.3) is 0 Å². The molecule has 0 aromatic rings. The minimum atomic E-state index is -4.52. The van der Waals surface area contributed by atoms with Gasteiger partial charge in [0, 0.05) is 0 Å². The van der Waals surface area contributed by atoms with Crippen molar-refractivity contribution in [2.24, 2.45) is 0 Å². The van der Waals surface area contributed by atoms with Crippen LogP contribution in [0.5, 0.6) is 0 Å². The van der Waals surface area contributed by atoms with Gasteiger partial charge in [0.1, 0.15) is 0 Å². The Balaban J connectivity index is 0.000000921. The van der Waals surface area contributed by atoms with Crippen LogP contribution in [0, 0.1) is 0 Å². The van der Waals surface area contributed by atoms with Crippen molar-refractivity contribution in [1.29, 1.82) is 0 Å². The molecule has 7 nitrogen and oxygen atoms in total. The summed E-state index contributed by atoms with van der Waals surface area (Å²) in [5.74, 6) is -1.84. The van der Waals surface area contributed by atoms with E-state index in [-0.39, 0.29) is 0 Å². The molecule has 0 aromatic heterocycles. The monoisotopic (exact) mass is 239 g/mol. The van der Waals surface area contributed by atoms with Crippen LogP contribution in [-0.2, 0) is 24.5 Å². The Morgan fingerprint density at radius 1 is 1.40 bits per heavy atom. The van der Waals surface area contributed by atoms with E-state index in [4.69, 9.17) is 4.55 Å². The highest BCUT2D eigenvalue weighted by molar-refractivity contribution is 7.87. The standard InChI is InChI=1S/C5H7NO6S.C2H6/c1-12-6-4(7)2-3(5(6)8)13(9,10)11;1-2/h3H,2H2,1H3,(H,9,10,11);1-2H3. The van der Waals surface area contributed by atoms with Crippen molar-refractivity contribution in [2.45, 2.75) is 25.5 Å². The van der Waals surface area contributed by atoms with Gasteiger partial charge in [0.15, 0.2) is 5.25 Å². The number of amides is 2. The Labute approximate surface area is 87.7 Å². The largest absolute Gasteiger partial charge is 0.285 e. The second kappa shape index (κ2) is 5.19. The van der Waals surface area contributed by atoms with Crippen molar-refractivity contribution >= 4 is 21.9 Å². The molecule has 0 bridgehead atoms. The van der Waals surface area contributed by atoms with Gasteiger partial charge < -0.3 is 0 Å². The molecule has 1 aliphatic rings. The summed E-state index contributed by atoms with van der Waals surface area (Å²) >= 11 is 0. The first kappa shape index (κ1) is 14.0. The molecule has 1 saturated heterocycles. The van der Waals surface area contributed by atoms with Crippen LogP contribution in [-0.4, -0.2) is 42.2 Å². The molecule has 1 rings (SSSR count). The molecule has 1 heterocycles. The van der Waals surface area contributed by atoms with E-state index in [1.165, 1.54) is 0 Å². The molecule has 0 spiro atoms. The molecule has 88 valence electrons. The van der Waals surface area contributed by atoms with Gasteiger partial charge in [0.2, 0.25) is 0 Å². The van der Waals surface area contributed by atoms with Crippen molar-refractivity contribution in [3.63, 3.8) is 0 Å². The maximum absolute atomic E-state index is 11.0. The highest BCUT2D eigenvalue weighted by atomic mass is 32.2. The second-order valence-corrected chi connectivity index (χ2v) is 4.02. The van der Waals surface area contributed by atoms with E-state index in [0.717, 1.165) is 7.11 Å². The summed E-state index contributed by atoms with van der Waals surface area (Å²) in [5, 5.41) is -1.40. The maximum atomic E-state index is 11.0. The Bertz CT molecular complexity index is 348. The normalized spacial score (nSPS) is 21.3. The first-order chi connectivity index (χ1) is 6.88. The molecule has 1 atom stereocenters. The van der Waals surface area contributed by atoms with E-state index in [2.05, 4.69) is 4.84 Å². The number of nitrogens with zero attached hydrogens (tertiary/aromatic N) is 1. The number of carbonyl (C=O) groups excluding carboxylic acids is 2. The summed E-state index contributed by atoms with van der Waals surface area (Å²) in [6.45, 7) is 4.00. The Morgan fingerprint density at radius 3 is 2.07 bits per heavy atom. The molecule has 1 aliphatic heterocycles. The highest BCUT2D eigenvalue weighted by Gasteiger charge is 2.46. The van der Waals surface area contributed by atoms with E-state index in [1.54, 1.807) is 0 Å². The fourth-order valence-corrected chi connectivity index (χ4v) is 1.71. The molecule has 8 heteroatoms. The number of hydrogen-bond donors (Lipinski definition) is 1. The van der Waals surface area contributed by atoms with Crippen LogP contribution >= 0.6 is 0 Å². The van der Waals surface area contributed by atoms with Crippen molar-refractivity contribution in [3.8, 4) is 0 Å². The van der Waals surface area contributed by atoms with Gasteiger partial charge in [0.05, 0.1) is 13.5 Å². The van der Waals surface area contributed by atoms with Gasteiger partial charge in [-0.1, -0.05) is 13.8 Å². The van der Waals surface area contributed by atoms with Crippen LogP contribution in [0.1, 0.15) is 20.3 Å². The molecular weight excluding hydrogens is 226 g/mol. The second-order valence-electron chi connectivity index (χ2n) is 2.42. The van der Waals surface area contributed by atoms with Crippen molar-refractivity contribution in [1.82, 2.24) is 5.06 Å². The van der Waals surface area contributed by atoms with Gasteiger partial charge in [-0.25, -0.2) is 0 Å². The topological polar surface area (TPSA) is 101 Å². The molecular formula is C7H13NO6S. The van der Waals surface area contributed by atoms with Gasteiger partial charge in [-0.3, -0.25) is 19.0 Å². The summed E-state index contributed by atoms with van der Waals surface area (Å²) in [6, 6.07) is 0. The fourth-order valence-electron chi connectivity index (χ4n) is 1.01. The van der Waals surface area contributed by atoms with Crippen LogP contribution in [0.4, 0.5) is 0 Å². The van der Waals surface area contributed by atoms with Gasteiger partial charge in [-0.2, -0.15) is 13.5 Å². The average molecular weight is 239 g/mol. The molecule has 1 unspecified atom stereocenters. The van der Waals surface area contributed by atoms with E-state index in [9.17, 15) is 18.0 Å². The fraction of sp³-hybridized carbons (Fsp3) is 0.714. The summed E-state index contributed by atoms with van der Waals surface area (Å²) in [5.41, 5.74) is 0. The predicted octanol–water partition coefficient (Wildman–Crippen LogP) is -0.411. The maximum Gasteiger partial charge on any atom is 0.277 e. The minimum Gasteiger partial charge on any atom is -0.285 e. The number of hydrogen-bond acceptors (Lipinski definition) is 5. The van der Waals surface area contributed by atoms with Crippen LogP contribution in [0.3, 0.4) is 0 Å². The van der Waals surface area contributed by atoms with Crippen molar-refractivity contribution < 1.29 is 27.4 Å². The third-order valence-electron chi connectivity index (χ3n) is 1.60.